The number of amides is 1. The van der Waals surface area contributed by atoms with Crippen molar-refractivity contribution in [1.29, 1.82) is 0 Å². The fourth-order valence-electron chi connectivity index (χ4n) is 3.59. The summed E-state index contributed by atoms with van der Waals surface area (Å²) in [5.74, 6) is 2.71. The Hall–Kier alpha value is -3.35. The van der Waals surface area contributed by atoms with E-state index in [-0.39, 0.29) is 23.9 Å². The molecule has 3 heterocycles. The Morgan fingerprint density at radius 2 is 1.94 bits per heavy atom. The van der Waals surface area contributed by atoms with E-state index in [0.717, 1.165) is 23.4 Å². The number of hydrogen-bond donors (Lipinski definition) is 1. The van der Waals surface area contributed by atoms with Crippen LogP contribution >= 0.6 is 0 Å². The Labute approximate surface area is 202 Å². The predicted molar refractivity (Wildman–Crippen MR) is 136 cm³/mol. The van der Waals surface area contributed by atoms with Crippen molar-refractivity contribution in [3.05, 3.63) is 72.7 Å². The third kappa shape index (κ3) is 7.61. The van der Waals surface area contributed by atoms with E-state index in [1.54, 1.807) is 41.2 Å². The van der Waals surface area contributed by atoms with E-state index in [4.69, 9.17) is 0 Å². The third-order valence-corrected chi connectivity index (χ3v) is 6.03. The zero-order chi connectivity index (χ0) is 25.3. The van der Waals surface area contributed by atoms with Crippen LogP contribution in [0.2, 0.25) is 0 Å². The molecular formula is C27H37N5O2. The van der Waals surface area contributed by atoms with E-state index in [2.05, 4.69) is 54.2 Å². The van der Waals surface area contributed by atoms with Crippen LogP contribution in [0.25, 0.3) is 5.65 Å². The van der Waals surface area contributed by atoms with Crippen LogP contribution in [0.15, 0.2) is 49.9 Å². The number of pyridine rings is 1. The Balaban J connectivity index is 0.000000311. The van der Waals surface area contributed by atoms with Crippen molar-refractivity contribution < 1.29 is 9.59 Å². The maximum Gasteiger partial charge on any atom is 0.271 e. The molecule has 1 aliphatic carbocycles. The van der Waals surface area contributed by atoms with Gasteiger partial charge in [-0.3, -0.25) is 24.0 Å². The maximum atomic E-state index is 12.2. The summed E-state index contributed by atoms with van der Waals surface area (Å²) in [5.41, 5.74) is 2.77. The second-order valence-electron chi connectivity index (χ2n) is 8.88. The van der Waals surface area contributed by atoms with Crippen molar-refractivity contribution in [2.45, 2.75) is 60.4 Å². The number of carbonyl (C=O) groups is 2. The number of hydrogen-bond acceptors (Lipinski definition) is 5. The van der Waals surface area contributed by atoms with Crippen molar-refractivity contribution >= 4 is 17.3 Å². The van der Waals surface area contributed by atoms with Gasteiger partial charge < -0.3 is 5.32 Å². The van der Waals surface area contributed by atoms with Gasteiger partial charge in [-0.25, -0.2) is 4.98 Å². The van der Waals surface area contributed by atoms with Gasteiger partial charge in [0.25, 0.3) is 5.91 Å². The average molecular weight is 464 g/mol. The quantitative estimate of drug-likeness (QED) is 0.372. The summed E-state index contributed by atoms with van der Waals surface area (Å²) < 4.78 is 1.61. The molecule has 3 atom stereocenters. The van der Waals surface area contributed by atoms with Crippen LogP contribution in [0.4, 0.5) is 0 Å². The van der Waals surface area contributed by atoms with Crippen LogP contribution in [-0.2, 0) is 6.54 Å². The summed E-state index contributed by atoms with van der Waals surface area (Å²) in [7, 11) is 0. The first-order valence-corrected chi connectivity index (χ1v) is 11.8. The van der Waals surface area contributed by atoms with Crippen molar-refractivity contribution in [2.24, 2.45) is 17.8 Å². The van der Waals surface area contributed by atoms with Gasteiger partial charge >= 0.3 is 0 Å². The summed E-state index contributed by atoms with van der Waals surface area (Å²) in [4.78, 5) is 36.4. The van der Waals surface area contributed by atoms with Gasteiger partial charge in [-0.05, 0) is 49.7 Å². The van der Waals surface area contributed by atoms with Crippen molar-refractivity contribution in [1.82, 2.24) is 24.7 Å². The fourth-order valence-corrected chi connectivity index (χ4v) is 3.59. The van der Waals surface area contributed by atoms with Gasteiger partial charge in [-0.1, -0.05) is 33.3 Å². The first-order valence-electron chi connectivity index (χ1n) is 11.8. The predicted octanol–water partition coefficient (Wildman–Crippen LogP) is 5.45. The molecule has 0 radical (unpaired) electrons. The average Bonchev–Trinajstić information content (AvgIpc) is 3.34. The molecule has 0 saturated heterocycles. The van der Waals surface area contributed by atoms with Gasteiger partial charge in [-0.2, -0.15) is 0 Å². The van der Waals surface area contributed by atoms with E-state index >= 15 is 0 Å². The number of ketones is 1. The van der Waals surface area contributed by atoms with E-state index in [1.165, 1.54) is 26.2 Å². The monoisotopic (exact) mass is 463 g/mol. The number of Topliss-reactive ketones (excluding diaryl/α,β-unsaturated/α-hetero) is 1. The maximum absolute atomic E-state index is 12.2. The third-order valence-electron chi connectivity index (χ3n) is 6.03. The fraction of sp³-hybridized carbons (Fsp3) is 0.444. The summed E-state index contributed by atoms with van der Waals surface area (Å²) in [5, 5.41) is 2.74. The van der Waals surface area contributed by atoms with Crippen molar-refractivity contribution in [2.75, 3.05) is 0 Å². The molecular weight excluding hydrogens is 426 g/mol. The highest BCUT2D eigenvalue weighted by Gasteiger charge is 2.32. The zero-order valence-electron chi connectivity index (χ0n) is 21.0. The van der Waals surface area contributed by atoms with Crippen LogP contribution < -0.4 is 5.32 Å². The highest BCUT2D eigenvalue weighted by atomic mass is 16.2. The Bertz CT molecular complexity index is 1090. The number of aryl methyl sites for hydroxylation is 1. The summed E-state index contributed by atoms with van der Waals surface area (Å²) in [6.07, 6.45) is 9.17. The number of carbonyl (C=O) groups excluding carboxylic acids is 2. The lowest BCUT2D eigenvalue weighted by atomic mass is 10.0. The van der Waals surface area contributed by atoms with Crippen molar-refractivity contribution in [3.63, 3.8) is 0 Å². The normalized spacial score (nSPS) is 17.0. The number of aromatic nitrogens is 4. The number of rotatable bonds is 7. The first kappa shape index (κ1) is 26.9. The Kier molecular flexibility index (Phi) is 10.1. The van der Waals surface area contributed by atoms with Gasteiger partial charge in [0.2, 0.25) is 0 Å². The molecule has 1 aliphatic rings. The second kappa shape index (κ2) is 12.8. The second-order valence-corrected chi connectivity index (χ2v) is 8.88. The largest absolute Gasteiger partial charge is 0.345 e. The number of nitrogens with one attached hydrogen (secondary N) is 1. The van der Waals surface area contributed by atoms with Crippen LogP contribution in [0.5, 0.6) is 0 Å². The SMILES string of the molecule is C=C.CC(=O)c1cccc2nc(C(=O)NCc3cnc(C)cn3)cn12.CCC(C)CC1CC1C. The minimum atomic E-state index is -0.328. The molecule has 34 heavy (non-hydrogen) atoms. The van der Waals surface area contributed by atoms with Gasteiger partial charge in [0.15, 0.2) is 5.78 Å². The van der Waals surface area contributed by atoms with Gasteiger partial charge in [0, 0.05) is 19.3 Å². The van der Waals surface area contributed by atoms with Gasteiger partial charge in [-0.15, -0.1) is 13.2 Å². The molecule has 3 aromatic rings. The molecule has 3 aromatic heterocycles. The number of imidazole rings is 1. The summed E-state index contributed by atoms with van der Waals surface area (Å²) in [6.45, 7) is 16.6. The minimum absolute atomic E-state index is 0.0881. The first-order chi connectivity index (χ1) is 16.3. The summed E-state index contributed by atoms with van der Waals surface area (Å²) >= 11 is 0. The van der Waals surface area contributed by atoms with E-state index in [9.17, 15) is 9.59 Å². The Morgan fingerprint density at radius 3 is 2.50 bits per heavy atom. The molecule has 0 bridgehead atoms. The molecule has 1 amide bonds. The molecule has 7 nitrogen and oxygen atoms in total. The van der Waals surface area contributed by atoms with Crippen LogP contribution in [0, 0.1) is 24.7 Å². The van der Waals surface area contributed by atoms with Crippen molar-refractivity contribution in [3.8, 4) is 0 Å². The molecule has 3 unspecified atom stereocenters. The molecule has 182 valence electrons. The summed E-state index contributed by atoms with van der Waals surface area (Å²) in [6, 6.07) is 5.18. The van der Waals surface area contributed by atoms with Crippen LogP contribution in [-0.4, -0.2) is 31.0 Å². The zero-order valence-corrected chi connectivity index (χ0v) is 21.0. The highest BCUT2D eigenvalue weighted by molar-refractivity contribution is 5.95. The van der Waals surface area contributed by atoms with E-state index < -0.39 is 0 Å². The van der Waals surface area contributed by atoms with Gasteiger partial charge in [0.1, 0.15) is 11.3 Å². The Morgan fingerprint density at radius 1 is 1.24 bits per heavy atom. The topological polar surface area (TPSA) is 89.2 Å². The van der Waals surface area contributed by atoms with Gasteiger partial charge in [0.05, 0.1) is 29.8 Å². The molecule has 1 saturated carbocycles. The number of fused-ring (bicyclic) bond motifs is 1. The standard InChI is InChI=1S/C16H15N5O2.C9H18.C2H4/c1-10-6-18-12(7-17-10)8-19-16(23)13-9-21-14(11(2)22)4-3-5-15(21)20-13;1-4-7(2)5-9-6-8(9)3;1-2/h3-7,9H,8H2,1-2H3,(H,19,23);7-9H,4-6H2,1-3H3;1-2H2. The smallest absolute Gasteiger partial charge is 0.271 e. The molecule has 0 aromatic carbocycles. The minimum Gasteiger partial charge on any atom is -0.345 e. The van der Waals surface area contributed by atoms with Crippen LogP contribution in [0.3, 0.4) is 0 Å². The molecule has 0 aliphatic heterocycles. The molecule has 0 spiro atoms. The lowest BCUT2D eigenvalue weighted by Gasteiger charge is -2.05. The van der Waals surface area contributed by atoms with Crippen LogP contribution in [0.1, 0.15) is 79.3 Å². The lowest BCUT2D eigenvalue weighted by molar-refractivity contribution is 0.0944. The van der Waals surface area contributed by atoms with E-state index in [1.807, 2.05) is 6.92 Å². The number of nitrogens with zero attached hydrogens (tertiary/aromatic N) is 4. The molecule has 1 N–H and O–H groups in total. The highest BCUT2D eigenvalue weighted by Crippen LogP contribution is 2.42. The van der Waals surface area contributed by atoms with E-state index in [0.29, 0.717) is 17.0 Å². The molecule has 7 heteroatoms. The molecule has 4 rings (SSSR count). The molecule has 1 fully saturated rings. The lowest BCUT2D eigenvalue weighted by Crippen LogP contribution is -2.23.